The van der Waals surface area contributed by atoms with Gasteiger partial charge in [-0.3, -0.25) is 4.79 Å². The van der Waals surface area contributed by atoms with Crippen molar-refractivity contribution >= 4 is 15.9 Å². The van der Waals surface area contributed by atoms with E-state index < -0.39 is 22.2 Å². The Kier molecular flexibility index (Phi) is 8.43. The number of carbonyl (C=O) groups is 1. The molecule has 182 valence electrons. The van der Waals surface area contributed by atoms with Gasteiger partial charge in [-0.25, -0.2) is 8.42 Å². The molecule has 0 saturated heterocycles. The molecular weight excluding hydrogens is 440 g/mol. The fourth-order valence-corrected chi connectivity index (χ4v) is 6.18. The number of carbonyl (C=O) groups excluding carboxylic acids is 1. The van der Waals surface area contributed by atoms with Crippen molar-refractivity contribution in [3.63, 3.8) is 0 Å². The summed E-state index contributed by atoms with van der Waals surface area (Å²) < 4.78 is 34.6. The summed E-state index contributed by atoms with van der Waals surface area (Å²) in [6.45, 7) is 5.31. The Balaban J connectivity index is 2.02. The average molecular weight is 477 g/mol. The van der Waals surface area contributed by atoms with Crippen LogP contribution in [-0.4, -0.2) is 67.5 Å². The summed E-state index contributed by atoms with van der Waals surface area (Å²) in [6.07, 6.45) is 5.46. The molecule has 0 aromatic heterocycles. The Morgan fingerprint density at radius 3 is 2.64 bits per heavy atom. The van der Waals surface area contributed by atoms with Gasteiger partial charge in [0.1, 0.15) is 16.7 Å². The van der Waals surface area contributed by atoms with Crippen LogP contribution < -0.4 is 4.74 Å². The number of hydrogen-bond donors (Lipinski definition) is 1. The number of benzene rings is 1. The van der Waals surface area contributed by atoms with Gasteiger partial charge >= 0.3 is 0 Å². The first-order valence-electron chi connectivity index (χ1n) is 11.8. The fourth-order valence-electron chi connectivity index (χ4n) is 4.35. The molecule has 1 aliphatic heterocycles. The van der Waals surface area contributed by atoms with Crippen molar-refractivity contribution in [2.45, 2.75) is 69.9 Å². The van der Waals surface area contributed by atoms with Crippen LogP contribution in [0.3, 0.4) is 0 Å². The molecule has 1 heterocycles. The zero-order chi connectivity index (χ0) is 24.2. The van der Waals surface area contributed by atoms with Crippen molar-refractivity contribution in [1.82, 2.24) is 9.21 Å². The molecule has 1 aliphatic carbocycles. The first-order valence-corrected chi connectivity index (χ1v) is 13.2. The van der Waals surface area contributed by atoms with E-state index in [2.05, 4.69) is 11.8 Å². The minimum absolute atomic E-state index is 0.0633. The van der Waals surface area contributed by atoms with Crippen LogP contribution in [-0.2, 0) is 14.8 Å². The summed E-state index contributed by atoms with van der Waals surface area (Å²) in [5.41, 5.74) is 0.711. The standard InChI is InChI=1S/C25H36N2O5S/c1-18-15-27(19(2)17-28)33(30,31)25-13-12-22(11-10-21-8-6-5-7-9-21)14-23(25)32-24(18)16-26(4)20(3)29/h12-14,18-19,21,24,28H,5-9,15-17H2,1-4H3/t18-,19-,24+/m1/s1. The van der Waals surface area contributed by atoms with Crippen LogP contribution in [0.2, 0.25) is 0 Å². The molecule has 1 fully saturated rings. The molecule has 1 aromatic rings. The van der Waals surface area contributed by atoms with E-state index in [9.17, 15) is 18.3 Å². The maximum atomic E-state index is 13.5. The van der Waals surface area contributed by atoms with Crippen molar-refractivity contribution in [2.24, 2.45) is 11.8 Å². The Morgan fingerprint density at radius 1 is 1.30 bits per heavy atom. The lowest BCUT2D eigenvalue weighted by Gasteiger charge is -2.37. The van der Waals surface area contributed by atoms with Crippen molar-refractivity contribution in [1.29, 1.82) is 0 Å². The number of ether oxygens (including phenoxy) is 1. The molecule has 33 heavy (non-hydrogen) atoms. The number of fused-ring (bicyclic) bond motifs is 1. The van der Waals surface area contributed by atoms with Crippen LogP contribution in [0.15, 0.2) is 23.1 Å². The number of aliphatic hydroxyl groups excluding tert-OH is 1. The van der Waals surface area contributed by atoms with Crippen LogP contribution in [0.5, 0.6) is 5.75 Å². The maximum absolute atomic E-state index is 13.5. The van der Waals surface area contributed by atoms with E-state index in [0.29, 0.717) is 18.0 Å². The maximum Gasteiger partial charge on any atom is 0.247 e. The number of sulfonamides is 1. The second kappa shape index (κ2) is 10.9. The van der Waals surface area contributed by atoms with E-state index in [0.717, 1.165) is 12.8 Å². The van der Waals surface area contributed by atoms with E-state index in [4.69, 9.17) is 4.74 Å². The normalized spacial score (nSPS) is 24.3. The number of nitrogens with zero attached hydrogens (tertiary/aromatic N) is 2. The zero-order valence-corrected chi connectivity index (χ0v) is 20.9. The highest BCUT2D eigenvalue weighted by Gasteiger charge is 2.38. The molecule has 3 rings (SSSR count). The highest BCUT2D eigenvalue weighted by molar-refractivity contribution is 7.89. The molecule has 1 N–H and O–H groups in total. The lowest BCUT2D eigenvalue weighted by atomic mass is 9.90. The lowest BCUT2D eigenvalue weighted by molar-refractivity contribution is -0.129. The second-order valence-electron chi connectivity index (χ2n) is 9.41. The van der Waals surface area contributed by atoms with E-state index in [1.54, 1.807) is 37.1 Å². The molecule has 1 amide bonds. The van der Waals surface area contributed by atoms with Crippen molar-refractivity contribution in [2.75, 3.05) is 26.7 Å². The van der Waals surface area contributed by atoms with Crippen molar-refractivity contribution in [3.05, 3.63) is 23.8 Å². The van der Waals surface area contributed by atoms with Crippen LogP contribution in [0.25, 0.3) is 0 Å². The molecule has 0 radical (unpaired) electrons. The SMILES string of the molecule is CC(=O)N(C)C[C@@H]1Oc2cc(C#CC3CCCCC3)ccc2S(=O)(=O)N([C@H](C)CO)C[C@H]1C. The minimum atomic E-state index is -3.89. The molecule has 3 atom stereocenters. The fraction of sp³-hybridized carbons (Fsp3) is 0.640. The monoisotopic (exact) mass is 476 g/mol. The third-order valence-electron chi connectivity index (χ3n) is 6.68. The Bertz CT molecular complexity index is 1010. The van der Waals surface area contributed by atoms with Gasteiger partial charge in [0.25, 0.3) is 0 Å². The topological polar surface area (TPSA) is 87.2 Å². The highest BCUT2D eigenvalue weighted by atomic mass is 32.2. The molecule has 8 heteroatoms. The van der Waals surface area contributed by atoms with Crippen LogP contribution in [0, 0.1) is 23.7 Å². The van der Waals surface area contributed by atoms with Gasteiger partial charge in [-0.1, -0.05) is 38.0 Å². The van der Waals surface area contributed by atoms with E-state index in [-0.39, 0.29) is 35.6 Å². The van der Waals surface area contributed by atoms with Gasteiger partial charge in [0.2, 0.25) is 15.9 Å². The molecule has 7 nitrogen and oxygen atoms in total. The molecule has 0 unspecified atom stereocenters. The summed E-state index contributed by atoms with van der Waals surface area (Å²) in [7, 11) is -2.18. The summed E-state index contributed by atoms with van der Waals surface area (Å²) in [5.74, 6) is 6.89. The number of hydrogen-bond acceptors (Lipinski definition) is 5. The smallest absolute Gasteiger partial charge is 0.247 e. The second-order valence-corrected chi connectivity index (χ2v) is 11.3. The van der Waals surface area contributed by atoms with Crippen molar-refractivity contribution in [3.8, 4) is 17.6 Å². The number of likely N-dealkylation sites (N-methyl/N-ethyl adjacent to an activating group) is 1. The average Bonchev–Trinajstić information content (AvgIpc) is 2.79. The summed E-state index contributed by atoms with van der Waals surface area (Å²) in [4.78, 5) is 13.5. The summed E-state index contributed by atoms with van der Waals surface area (Å²) in [5, 5.41) is 9.73. The molecule has 0 spiro atoms. The van der Waals surface area contributed by atoms with Crippen LogP contribution in [0.4, 0.5) is 0 Å². The predicted octanol–water partition coefficient (Wildman–Crippen LogP) is 2.87. The Morgan fingerprint density at radius 2 is 2.00 bits per heavy atom. The largest absolute Gasteiger partial charge is 0.487 e. The first-order chi connectivity index (χ1) is 15.6. The number of amides is 1. The molecule has 2 aliphatic rings. The predicted molar refractivity (Wildman–Crippen MR) is 127 cm³/mol. The number of aliphatic hydroxyl groups is 1. The Labute approximate surface area is 198 Å². The van der Waals surface area contributed by atoms with Gasteiger partial charge in [-0.2, -0.15) is 4.31 Å². The third-order valence-corrected chi connectivity index (χ3v) is 8.70. The number of rotatable bonds is 4. The van der Waals surface area contributed by atoms with Gasteiger partial charge in [0, 0.05) is 44.0 Å². The highest BCUT2D eigenvalue weighted by Crippen LogP contribution is 2.34. The van der Waals surface area contributed by atoms with Gasteiger partial charge in [-0.15, -0.1) is 0 Å². The van der Waals surface area contributed by atoms with Gasteiger partial charge in [0.15, 0.2) is 0 Å². The first kappa shape index (κ1) is 25.5. The quantitative estimate of drug-likeness (QED) is 0.676. The third kappa shape index (κ3) is 6.08. The van der Waals surface area contributed by atoms with Gasteiger partial charge in [0.05, 0.1) is 13.2 Å². The summed E-state index contributed by atoms with van der Waals surface area (Å²) in [6, 6.07) is 4.39. The minimum Gasteiger partial charge on any atom is -0.487 e. The van der Waals surface area contributed by atoms with Crippen LogP contribution >= 0.6 is 0 Å². The van der Waals surface area contributed by atoms with Crippen molar-refractivity contribution < 1.29 is 23.1 Å². The molecule has 0 bridgehead atoms. The van der Waals surface area contributed by atoms with Gasteiger partial charge in [-0.05, 0) is 38.0 Å². The van der Waals surface area contributed by atoms with E-state index in [1.807, 2.05) is 6.92 Å². The van der Waals surface area contributed by atoms with E-state index >= 15 is 0 Å². The Hall–Kier alpha value is -2.08. The molecular formula is C25H36N2O5S. The summed E-state index contributed by atoms with van der Waals surface area (Å²) >= 11 is 0. The lowest BCUT2D eigenvalue weighted by Crippen LogP contribution is -2.50. The molecule has 1 saturated carbocycles. The molecule has 1 aromatic carbocycles. The zero-order valence-electron chi connectivity index (χ0n) is 20.1. The van der Waals surface area contributed by atoms with Crippen LogP contribution in [0.1, 0.15) is 58.4 Å². The van der Waals surface area contributed by atoms with Gasteiger partial charge < -0.3 is 14.7 Å². The van der Waals surface area contributed by atoms with E-state index in [1.165, 1.54) is 30.5 Å².